The highest BCUT2D eigenvalue weighted by Crippen LogP contribution is 2.16. The van der Waals surface area contributed by atoms with E-state index in [1.165, 1.54) is 24.3 Å². The summed E-state index contributed by atoms with van der Waals surface area (Å²) in [7, 11) is 0. The zero-order chi connectivity index (χ0) is 25.8. The molecule has 0 spiro atoms. The molecule has 11 heteroatoms. The molecule has 2 rings (SSSR count). The lowest BCUT2D eigenvalue weighted by Gasteiger charge is -2.23. The smallest absolute Gasteiger partial charge is 0.408 e. The number of carbonyl (C=O) groups is 3. The van der Waals surface area contributed by atoms with Gasteiger partial charge in [0.15, 0.2) is 0 Å². The van der Waals surface area contributed by atoms with Gasteiger partial charge in [0.05, 0.1) is 4.92 Å². The Bertz CT molecular complexity index is 1000. The molecule has 0 aromatic heterocycles. The Morgan fingerprint density at radius 3 is 2.26 bits per heavy atom. The first-order valence-corrected chi connectivity index (χ1v) is 11.0. The van der Waals surface area contributed by atoms with Crippen molar-refractivity contribution in [1.29, 1.82) is 0 Å². The SMILES string of the molecule is CC(C)(C)OC(=O)N[C@@H](CCCNC(=O)OCc1ccccc1)C(=O)Nc1ccc([N+](=O)[O-])cc1. The Balaban J connectivity index is 1.89. The van der Waals surface area contributed by atoms with E-state index in [0.29, 0.717) is 12.1 Å². The number of amides is 3. The predicted octanol–water partition coefficient (Wildman–Crippen LogP) is 4.13. The number of nitro benzene ring substituents is 1. The van der Waals surface area contributed by atoms with Crippen molar-refractivity contribution in [3.8, 4) is 0 Å². The number of benzene rings is 2. The van der Waals surface area contributed by atoms with Crippen LogP contribution in [0.5, 0.6) is 0 Å². The number of nitrogens with zero attached hydrogens (tertiary/aromatic N) is 1. The molecule has 0 aliphatic rings. The van der Waals surface area contributed by atoms with Gasteiger partial charge >= 0.3 is 12.2 Å². The van der Waals surface area contributed by atoms with E-state index >= 15 is 0 Å². The van der Waals surface area contributed by atoms with Crippen LogP contribution in [0, 0.1) is 10.1 Å². The monoisotopic (exact) mass is 486 g/mol. The van der Waals surface area contributed by atoms with Gasteiger partial charge in [0.2, 0.25) is 5.91 Å². The molecular formula is C24H30N4O7. The van der Waals surface area contributed by atoms with Gasteiger partial charge in [-0.2, -0.15) is 0 Å². The number of alkyl carbamates (subject to hydrolysis) is 2. The van der Waals surface area contributed by atoms with Crippen molar-refractivity contribution >= 4 is 29.5 Å². The Morgan fingerprint density at radius 2 is 1.66 bits per heavy atom. The maximum absolute atomic E-state index is 12.8. The van der Waals surface area contributed by atoms with Gasteiger partial charge in [-0.3, -0.25) is 14.9 Å². The van der Waals surface area contributed by atoms with Crippen LogP contribution >= 0.6 is 0 Å². The lowest BCUT2D eigenvalue weighted by Crippen LogP contribution is -2.46. The summed E-state index contributed by atoms with van der Waals surface area (Å²) in [5.74, 6) is -0.531. The normalized spacial score (nSPS) is 11.6. The summed E-state index contributed by atoms with van der Waals surface area (Å²) in [5.41, 5.74) is 0.316. The molecule has 3 N–H and O–H groups in total. The molecule has 0 aliphatic heterocycles. The van der Waals surface area contributed by atoms with Crippen molar-refractivity contribution in [1.82, 2.24) is 10.6 Å². The molecule has 35 heavy (non-hydrogen) atoms. The van der Waals surface area contributed by atoms with Crippen LogP contribution in [0.15, 0.2) is 54.6 Å². The van der Waals surface area contributed by atoms with E-state index in [4.69, 9.17) is 9.47 Å². The van der Waals surface area contributed by atoms with Gasteiger partial charge in [-0.05, 0) is 51.3 Å². The van der Waals surface area contributed by atoms with E-state index in [0.717, 1.165) is 5.56 Å². The molecule has 2 aromatic carbocycles. The second-order valence-corrected chi connectivity index (χ2v) is 8.62. The molecule has 2 aromatic rings. The molecule has 0 saturated heterocycles. The standard InChI is InChI=1S/C24H30N4O7/c1-24(2,3)35-23(31)27-20(21(29)26-18-11-13-19(14-12-18)28(32)33)10-7-15-25-22(30)34-16-17-8-5-4-6-9-17/h4-6,8-9,11-14,20H,7,10,15-16H2,1-3H3,(H,25,30)(H,26,29)(H,27,31)/t20-/m0/s1. The summed E-state index contributed by atoms with van der Waals surface area (Å²) < 4.78 is 10.4. The molecule has 0 fully saturated rings. The third-order valence-corrected chi connectivity index (χ3v) is 4.50. The van der Waals surface area contributed by atoms with E-state index in [1.807, 2.05) is 30.3 Å². The number of anilines is 1. The first-order chi connectivity index (χ1) is 16.5. The molecule has 3 amide bonds. The Morgan fingerprint density at radius 1 is 1.00 bits per heavy atom. The topological polar surface area (TPSA) is 149 Å². The third-order valence-electron chi connectivity index (χ3n) is 4.50. The number of nitro groups is 1. The molecular weight excluding hydrogens is 456 g/mol. The molecule has 0 bridgehead atoms. The summed E-state index contributed by atoms with van der Waals surface area (Å²) in [4.78, 5) is 47.2. The van der Waals surface area contributed by atoms with E-state index in [-0.39, 0.29) is 25.3 Å². The number of nitrogens with one attached hydrogen (secondary N) is 3. The van der Waals surface area contributed by atoms with Gasteiger partial charge in [-0.1, -0.05) is 30.3 Å². The Labute approximate surface area is 203 Å². The number of ether oxygens (including phenoxy) is 2. The van der Waals surface area contributed by atoms with Gasteiger partial charge < -0.3 is 25.4 Å². The first-order valence-electron chi connectivity index (χ1n) is 11.0. The van der Waals surface area contributed by atoms with Crippen LogP contribution in [0.25, 0.3) is 0 Å². The number of rotatable bonds is 10. The third kappa shape index (κ3) is 10.5. The minimum Gasteiger partial charge on any atom is -0.445 e. The molecule has 11 nitrogen and oxygen atoms in total. The average molecular weight is 487 g/mol. The van der Waals surface area contributed by atoms with E-state index in [2.05, 4.69) is 16.0 Å². The molecule has 0 radical (unpaired) electrons. The summed E-state index contributed by atoms with van der Waals surface area (Å²) in [6.45, 7) is 5.44. The highest BCUT2D eigenvalue weighted by molar-refractivity contribution is 5.96. The van der Waals surface area contributed by atoms with Crippen molar-refractivity contribution < 1.29 is 28.8 Å². The molecule has 0 heterocycles. The largest absolute Gasteiger partial charge is 0.445 e. The van der Waals surface area contributed by atoms with Gasteiger partial charge in [-0.15, -0.1) is 0 Å². The minimum absolute atomic E-state index is 0.114. The van der Waals surface area contributed by atoms with E-state index in [9.17, 15) is 24.5 Å². The highest BCUT2D eigenvalue weighted by Gasteiger charge is 2.24. The Kier molecular flexibility index (Phi) is 10.0. The number of hydrogen-bond acceptors (Lipinski definition) is 7. The lowest BCUT2D eigenvalue weighted by molar-refractivity contribution is -0.384. The van der Waals surface area contributed by atoms with Crippen LogP contribution in [0.4, 0.5) is 21.0 Å². The van der Waals surface area contributed by atoms with Gasteiger partial charge in [0.1, 0.15) is 18.2 Å². The fourth-order valence-corrected chi connectivity index (χ4v) is 2.89. The van der Waals surface area contributed by atoms with Crippen LogP contribution in [-0.4, -0.2) is 41.2 Å². The minimum atomic E-state index is -0.970. The maximum atomic E-state index is 12.8. The van der Waals surface area contributed by atoms with Crippen molar-refractivity contribution in [3.05, 3.63) is 70.3 Å². The summed E-state index contributed by atoms with van der Waals surface area (Å²) in [6, 6.07) is 13.6. The average Bonchev–Trinajstić information content (AvgIpc) is 2.79. The van der Waals surface area contributed by atoms with Crippen molar-refractivity contribution in [2.45, 2.75) is 51.9 Å². The molecule has 0 saturated carbocycles. The predicted molar refractivity (Wildman–Crippen MR) is 129 cm³/mol. The van der Waals surface area contributed by atoms with Crippen molar-refractivity contribution in [2.24, 2.45) is 0 Å². The van der Waals surface area contributed by atoms with Crippen molar-refractivity contribution in [2.75, 3.05) is 11.9 Å². The summed E-state index contributed by atoms with van der Waals surface area (Å²) >= 11 is 0. The Hall–Kier alpha value is -4.15. The van der Waals surface area contributed by atoms with Crippen LogP contribution < -0.4 is 16.0 Å². The van der Waals surface area contributed by atoms with Crippen LogP contribution in [0.3, 0.4) is 0 Å². The molecule has 0 aliphatic carbocycles. The van der Waals surface area contributed by atoms with Crippen LogP contribution in [0.2, 0.25) is 0 Å². The molecule has 1 atom stereocenters. The van der Waals surface area contributed by atoms with Crippen molar-refractivity contribution in [3.63, 3.8) is 0 Å². The van der Waals surface area contributed by atoms with Crippen LogP contribution in [0.1, 0.15) is 39.2 Å². The zero-order valence-electron chi connectivity index (χ0n) is 19.9. The quantitative estimate of drug-likeness (QED) is 0.260. The number of hydrogen-bond donors (Lipinski definition) is 3. The maximum Gasteiger partial charge on any atom is 0.408 e. The second-order valence-electron chi connectivity index (χ2n) is 8.62. The van der Waals surface area contributed by atoms with Gasteiger partial charge in [-0.25, -0.2) is 9.59 Å². The molecule has 0 unspecified atom stereocenters. The fourth-order valence-electron chi connectivity index (χ4n) is 2.89. The number of non-ortho nitro benzene ring substituents is 1. The lowest BCUT2D eigenvalue weighted by atomic mass is 10.1. The number of carbonyl (C=O) groups excluding carboxylic acids is 3. The zero-order valence-corrected chi connectivity index (χ0v) is 19.9. The summed E-state index contributed by atoms with van der Waals surface area (Å²) in [6.07, 6.45) is -0.816. The van der Waals surface area contributed by atoms with Crippen LogP contribution in [-0.2, 0) is 20.9 Å². The summed E-state index contributed by atoms with van der Waals surface area (Å²) in [5, 5.41) is 18.6. The fraction of sp³-hybridized carbons (Fsp3) is 0.375. The van der Waals surface area contributed by atoms with E-state index in [1.54, 1.807) is 20.8 Å². The van der Waals surface area contributed by atoms with Gasteiger partial charge in [0, 0.05) is 24.4 Å². The molecule has 188 valence electrons. The second kappa shape index (κ2) is 12.9. The van der Waals surface area contributed by atoms with Gasteiger partial charge in [0.25, 0.3) is 5.69 Å². The first kappa shape index (κ1) is 27.1. The highest BCUT2D eigenvalue weighted by atomic mass is 16.6. The van der Waals surface area contributed by atoms with E-state index < -0.39 is 34.7 Å².